The van der Waals surface area contributed by atoms with Crippen molar-refractivity contribution in [2.75, 3.05) is 6.61 Å². The van der Waals surface area contributed by atoms with Crippen LogP contribution < -0.4 is 9.47 Å². The third-order valence-electron chi connectivity index (χ3n) is 3.51. The van der Waals surface area contributed by atoms with E-state index >= 15 is 0 Å². The highest BCUT2D eigenvalue weighted by Gasteiger charge is 2.29. The van der Waals surface area contributed by atoms with Crippen LogP contribution in [0, 0.1) is 5.92 Å². The first-order chi connectivity index (χ1) is 10.3. The second-order valence-electron chi connectivity index (χ2n) is 4.99. The van der Waals surface area contributed by atoms with Crippen LogP contribution in [0.4, 0.5) is 0 Å². The number of aldehydes is 1. The first kappa shape index (κ1) is 14.0. The molecule has 0 radical (unpaired) electrons. The minimum Gasteiger partial charge on any atom is -0.492 e. The molecule has 0 saturated heterocycles. The summed E-state index contributed by atoms with van der Waals surface area (Å²) in [5, 5.41) is -0.338. The maximum atomic E-state index is 10.9. The lowest BCUT2D eigenvalue weighted by Crippen LogP contribution is -2.24. The van der Waals surface area contributed by atoms with Crippen molar-refractivity contribution in [3.8, 4) is 11.5 Å². The predicted molar refractivity (Wildman–Crippen MR) is 80.9 cm³/mol. The first-order valence-electron chi connectivity index (χ1n) is 6.81. The molecule has 2 atom stereocenters. The van der Waals surface area contributed by atoms with E-state index in [9.17, 15) is 4.79 Å². The summed E-state index contributed by atoms with van der Waals surface area (Å²) in [6, 6.07) is 15.5. The molecule has 1 aliphatic heterocycles. The molecule has 0 amide bonds. The first-order valence-corrected chi connectivity index (χ1v) is 7.24. The maximum absolute atomic E-state index is 10.9. The highest BCUT2D eigenvalue weighted by molar-refractivity contribution is 6.22. The lowest BCUT2D eigenvalue weighted by Gasteiger charge is -2.26. The van der Waals surface area contributed by atoms with Gasteiger partial charge in [0.1, 0.15) is 24.4 Å². The van der Waals surface area contributed by atoms with E-state index in [4.69, 9.17) is 21.1 Å². The fraction of sp³-hybridized carbons (Fsp3) is 0.235. The van der Waals surface area contributed by atoms with Gasteiger partial charge in [0.15, 0.2) is 0 Å². The molecule has 0 bridgehead atoms. The van der Waals surface area contributed by atoms with E-state index in [0.29, 0.717) is 19.0 Å². The van der Waals surface area contributed by atoms with Gasteiger partial charge in [0, 0.05) is 11.6 Å². The third-order valence-corrected chi connectivity index (χ3v) is 4.07. The monoisotopic (exact) mass is 302 g/mol. The lowest BCUT2D eigenvalue weighted by atomic mass is 9.97. The van der Waals surface area contributed by atoms with Crippen molar-refractivity contribution in [3.05, 3.63) is 59.7 Å². The number of carbonyl (C=O) groups excluding carboxylic acids is 1. The van der Waals surface area contributed by atoms with Crippen molar-refractivity contribution in [1.29, 1.82) is 0 Å². The average Bonchev–Trinajstić information content (AvgIpc) is 2.54. The van der Waals surface area contributed by atoms with Gasteiger partial charge in [0.2, 0.25) is 0 Å². The lowest BCUT2D eigenvalue weighted by molar-refractivity contribution is -0.112. The Balaban J connectivity index is 1.73. The fourth-order valence-corrected chi connectivity index (χ4v) is 2.62. The highest BCUT2D eigenvalue weighted by atomic mass is 35.5. The summed E-state index contributed by atoms with van der Waals surface area (Å²) in [4.78, 5) is 10.9. The van der Waals surface area contributed by atoms with Crippen LogP contribution in [0.2, 0.25) is 0 Å². The Kier molecular flexibility index (Phi) is 4.11. The van der Waals surface area contributed by atoms with Crippen LogP contribution in [0.3, 0.4) is 0 Å². The molecule has 0 saturated carbocycles. The van der Waals surface area contributed by atoms with Crippen LogP contribution in [-0.4, -0.2) is 12.9 Å². The Morgan fingerprint density at radius 1 is 1.24 bits per heavy atom. The second kappa shape index (κ2) is 6.19. The number of rotatable bonds is 4. The van der Waals surface area contributed by atoms with Crippen molar-refractivity contribution >= 4 is 17.9 Å². The molecule has 2 aromatic rings. The van der Waals surface area contributed by atoms with Gasteiger partial charge in [-0.25, -0.2) is 0 Å². The molecular formula is C17H15ClO3. The van der Waals surface area contributed by atoms with Gasteiger partial charge < -0.3 is 14.3 Å². The SMILES string of the molecule is O=CC1COc2cc(OCc3ccccc3)ccc2C1Cl. The van der Waals surface area contributed by atoms with Crippen LogP contribution in [0.1, 0.15) is 16.5 Å². The molecule has 0 spiro atoms. The summed E-state index contributed by atoms with van der Waals surface area (Å²) in [6.07, 6.45) is 0.848. The zero-order valence-corrected chi connectivity index (χ0v) is 12.1. The van der Waals surface area contributed by atoms with E-state index in [2.05, 4.69) is 0 Å². The molecule has 0 N–H and O–H groups in total. The van der Waals surface area contributed by atoms with Crippen LogP contribution in [0.15, 0.2) is 48.5 Å². The zero-order valence-electron chi connectivity index (χ0n) is 11.4. The zero-order chi connectivity index (χ0) is 14.7. The molecule has 2 unspecified atom stereocenters. The topological polar surface area (TPSA) is 35.5 Å². The molecule has 1 heterocycles. The van der Waals surface area contributed by atoms with Crippen molar-refractivity contribution < 1.29 is 14.3 Å². The summed E-state index contributed by atoms with van der Waals surface area (Å²) in [7, 11) is 0. The van der Waals surface area contributed by atoms with E-state index in [1.807, 2.05) is 48.5 Å². The molecule has 108 valence electrons. The van der Waals surface area contributed by atoms with Gasteiger partial charge in [0.05, 0.1) is 17.9 Å². The molecule has 21 heavy (non-hydrogen) atoms. The molecule has 0 aliphatic carbocycles. The normalized spacial score (nSPS) is 20.2. The average molecular weight is 303 g/mol. The van der Waals surface area contributed by atoms with E-state index in [1.165, 1.54) is 0 Å². The molecule has 0 fully saturated rings. The minimum absolute atomic E-state index is 0.296. The molecule has 3 nitrogen and oxygen atoms in total. The molecule has 3 rings (SSSR count). The third kappa shape index (κ3) is 3.03. The van der Waals surface area contributed by atoms with Gasteiger partial charge in [-0.05, 0) is 11.6 Å². The highest BCUT2D eigenvalue weighted by Crippen LogP contribution is 2.40. The summed E-state index contributed by atoms with van der Waals surface area (Å²) in [6.45, 7) is 0.813. The predicted octanol–water partition coefficient (Wildman–Crippen LogP) is 3.75. The molecule has 0 aromatic heterocycles. The molecule has 1 aliphatic rings. The van der Waals surface area contributed by atoms with Crippen LogP contribution in [0.25, 0.3) is 0 Å². The number of fused-ring (bicyclic) bond motifs is 1. The van der Waals surface area contributed by atoms with E-state index in [1.54, 1.807) is 0 Å². The van der Waals surface area contributed by atoms with Crippen LogP contribution in [-0.2, 0) is 11.4 Å². The molecule has 2 aromatic carbocycles. The van der Waals surface area contributed by atoms with Crippen LogP contribution >= 0.6 is 11.6 Å². The number of hydrogen-bond acceptors (Lipinski definition) is 3. The summed E-state index contributed by atoms with van der Waals surface area (Å²) in [5.74, 6) is 1.12. The molecule has 4 heteroatoms. The maximum Gasteiger partial charge on any atom is 0.128 e. The van der Waals surface area contributed by atoms with Crippen molar-refractivity contribution in [2.45, 2.75) is 12.0 Å². The van der Waals surface area contributed by atoms with Crippen molar-refractivity contribution in [3.63, 3.8) is 0 Å². The van der Waals surface area contributed by atoms with E-state index in [-0.39, 0.29) is 11.3 Å². The Morgan fingerprint density at radius 3 is 2.81 bits per heavy atom. The van der Waals surface area contributed by atoms with E-state index in [0.717, 1.165) is 23.2 Å². The minimum atomic E-state index is -0.338. The van der Waals surface area contributed by atoms with Gasteiger partial charge in [-0.2, -0.15) is 0 Å². The smallest absolute Gasteiger partial charge is 0.128 e. The Morgan fingerprint density at radius 2 is 2.05 bits per heavy atom. The van der Waals surface area contributed by atoms with Gasteiger partial charge in [-0.3, -0.25) is 0 Å². The van der Waals surface area contributed by atoms with Crippen molar-refractivity contribution in [1.82, 2.24) is 0 Å². The van der Waals surface area contributed by atoms with Gasteiger partial charge in [0.25, 0.3) is 0 Å². The van der Waals surface area contributed by atoms with Gasteiger partial charge in [-0.1, -0.05) is 36.4 Å². The van der Waals surface area contributed by atoms with Crippen LogP contribution in [0.5, 0.6) is 11.5 Å². The number of alkyl halides is 1. The Hall–Kier alpha value is -2.00. The number of halogens is 1. The summed E-state index contributed by atoms with van der Waals surface area (Å²) < 4.78 is 11.3. The number of ether oxygens (including phenoxy) is 2. The Labute approximate surface area is 128 Å². The number of benzene rings is 2. The largest absolute Gasteiger partial charge is 0.492 e. The quantitative estimate of drug-likeness (QED) is 0.637. The van der Waals surface area contributed by atoms with E-state index < -0.39 is 0 Å². The standard InChI is InChI=1S/C17H15ClO3/c18-17-13(9-19)11-21-16-8-14(6-7-15(16)17)20-10-12-4-2-1-3-5-12/h1-9,13,17H,10-11H2. The van der Waals surface area contributed by atoms with Gasteiger partial charge in [-0.15, -0.1) is 11.6 Å². The van der Waals surface area contributed by atoms with Gasteiger partial charge >= 0.3 is 0 Å². The summed E-state index contributed by atoms with van der Waals surface area (Å²) in [5.41, 5.74) is 1.94. The second-order valence-corrected chi connectivity index (χ2v) is 5.46. The summed E-state index contributed by atoms with van der Waals surface area (Å²) >= 11 is 6.29. The Bertz CT molecular complexity index is 627. The number of carbonyl (C=O) groups is 1. The van der Waals surface area contributed by atoms with Crippen molar-refractivity contribution in [2.24, 2.45) is 5.92 Å². The molecular weight excluding hydrogens is 288 g/mol. The fourth-order valence-electron chi connectivity index (χ4n) is 2.31. The number of hydrogen-bond donors (Lipinski definition) is 0.